The van der Waals surface area contributed by atoms with Crippen molar-refractivity contribution in [1.82, 2.24) is 5.32 Å². The van der Waals surface area contributed by atoms with Crippen LogP contribution in [0.15, 0.2) is 53.4 Å². The van der Waals surface area contributed by atoms with E-state index in [-0.39, 0.29) is 23.0 Å². The van der Waals surface area contributed by atoms with E-state index < -0.39 is 10.0 Å². The van der Waals surface area contributed by atoms with Gasteiger partial charge in [0.2, 0.25) is 5.91 Å². The second-order valence-electron chi connectivity index (χ2n) is 6.41. The SMILES string of the molecule is CC(=O)c1cccc(S(=O)(=O)Nc2ccc(CC(=O)NC3CC3)cc2)c1. The zero-order valence-corrected chi connectivity index (χ0v) is 15.2. The Kier molecular flexibility index (Phi) is 5.08. The molecule has 6 nitrogen and oxygen atoms in total. The molecule has 0 radical (unpaired) electrons. The highest BCUT2D eigenvalue weighted by atomic mass is 32.2. The highest BCUT2D eigenvalue weighted by molar-refractivity contribution is 7.92. The lowest BCUT2D eigenvalue weighted by Gasteiger charge is -2.10. The molecule has 2 aromatic rings. The Morgan fingerprint density at radius 3 is 2.38 bits per heavy atom. The van der Waals surface area contributed by atoms with Crippen LogP contribution in [-0.2, 0) is 21.2 Å². The first-order valence-electron chi connectivity index (χ1n) is 8.35. The number of sulfonamides is 1. The molecule has 1 saturated carbocycles. The van der Waals surface area contributed by atoms with Crippen molar-refractivity contribution in [3.63, 3.8) is 0 Å². The summed E-state index contributed by atoms with van der Waals surface area (Å²) < 4.78 is 27.4. The molecule has 7 heteroatoms. The minimum absolute atomic E-state index is 0.0260. The minimum Gasteiger partial charge on any atom is -0.353 e. The lowest BCUT2D eigenvalue weighted by molar-refractivity contribution is -0.120. The van der Waals surface area contributed by atoms with E-state index in [1.807, 2.05) is 0 Å². The van der Waals surface area contributed by atoms with Crippen LogP contribution in [-0.4, -0.2) is 26.2 Å². The molecule has 1 fully saturated rings. The minimum atomic E-state index is -3.79. The van der Waals surface area contributed by atoms with Gasteiger partial charge in [-0.15, -0.1) is 0 Å². The van der Waals surface area contributed by atoms with Crippen molar-refractivity contribution in [2.24, 2.45) is 0 Å². The Bertz CT molecular complexity index is 932. The molecule has 0 heterocycles. The maximum absolute atomic E-state index is 12.5. The number of ketones is 1. The van der Waals surface area contributed by atoms with Crippen LogP contribution in [0, 0.1) is 0 Å². The third-order valence-corrected chi connectivity index (χ3v) is 5.44. The molecule has 26 heavy (non-hydrogen) atoms. The van der Waals surface area contributed by atoms with E-state index in [2.05, 4.69) is 10.0 Å². The van der Waals surface area contributed by atoms with Gasteiger partial charge in [-0.05, 0) is 49.6 Å². The Hall–Kier alpha value is -2.67. The number of anilines is 1. The molecule has 136 valence electrons. The second-order valence-corrected chi connectivity index (χ2v) is 8.09. The number of amides is 1. The molecular formula is C19H20N2O4S. The van der Waals surface area contributed by atoms with Gasteiger partial charge in [0.05, 0.1) is 11.3 Å². The summed E-state index contributed by atoms with van der Waals surface area (Å²) in [6.07, 6.45) is 2.35. The average Bonchev–Trinajstić information content (AvgIpc) is 3.40. The van der Waals surface area contributed by atoms with Crippen molar-refractivity contribution in [3.8, 4) is 0 Å². The van der Waals surface area contributed by atoms with E-state index in [4.69, 9.17) is 0 Å². The fraction of sp³-hybridized carbons (Fsp3) is 0.263. The number of rotatable bonds is 7. The van der Waals surface area contributed by atoms with E-state index in [1.54, 1.807) is 30.3 Å². The summed E-state index contributed by atoms with van der Waals surface area (Å²) in [5, 5.41) is 2.91. The zero-order chi connectivity index (χ0) is 18.7. The molecule has 1 amide bonds. The summed E-state index contributed by atoms with van der Waals surface area (Å²) in [6.45, 7) is 1.39. The van der Waals surface area contributed by atoms with Crippen LogP contribution in [0.25, 0.3) is 0 Å². The van der Waals surface area contributed by atoms with Crippen LogP contribution < -0.4 is 10.0 Å². The molecule has 1 aliphatic rings. The summed E-state index contributed by atoms with van der Waals surface area (Å²) in [7, 11) is -3.79. The molecule has 2 N–H and O–H groups in total. The van der Waals surface area contributed by atoms with Gasteiger partial charge < -0.3 is 5.32 Å². The smallest absolute Gasteiger partial charge is 0.261 e. The number of benzene rings is 2. The van der Waals surface area contributed by atoms with Crippen molar-refractivity contribution in [1.29, 1.82) is 0 Å². The van der Waals surface area contributed by atoms with Crippen molar-refractivity contribution in [2.75, 3.05) is 4.72 Å². The van der Waals surface area contributed by atoms with Gasteiger partial charge in [-0.1, -0.05) is 24.3 Å². The molecule has 0 atom stereocenters. The van der Waals surface area contributed by atoms with Gasteiger partial charge in [0.15, 0.2) is 5.78 Å². The molecule has 0 aromatic heterocycles. The van der Waals surface area contributed by atoms with E-state index in [1.165, 1.54) is 25.1 Å². The summed E-state index contributed by atoms with van der Waals surface area (Å²) in [5.74, 6) is -0.224. The van der Waals surface area contributed by atoms with Gasteiger partial charge >= 0.3 is 0 Å². The maximum Gasteiger partial charge on any atom is 0.261 e. The van der Waals surface area contributed by atoms with Gasteiger partial charge in [-0.3, -0.25) is 14.3 Å². The number of nitrogens with one attached hydrogen (secondary N) is 2. The van der Waals surface area contributed by atoms with Crippen molar-refractivity contribution in [3.05, 3.63) is 59.7 Å². The van der Waals surface area contributed by atoms with Crippen LogP contribution in [0.3, 0.4) is 0 Å². The van der Waals surface area contributed by atoms with Gasteiger partial charge in [0, 0.05) is 17.3 Å². The number of carbonyl (C=O) groups excluding carboxylic acids is 2. The first-order valence-corrected chi connectivity index (χ1v) is 9.84. The third kappa shape index (κ3) is 4.70. The molecule has 0 unspecified atom stereocenters. The van der Waals surface area contributed by atoms with Crippen LogP contribution in [0.2, 0.25) is 0 Å². The Labute approximate surface area is 152 Å². The van der Waals surface area contributed by atoms with Crippen molar-refractivity contribution >= 4 is 27.4 Å². The molecule has 0 spiro atoms. The van der Waals surface area contributed by atoms with Crippen LogP contribution in [0.4, 0.5) is 5.69 Å². The van der Waals surface area contributed by atoms with Crippen LogP contribution in [0.5, 0.6) is 0 Å². The molecule has 0 aliphatic heterocycles. The molecular weight excluding hydrogens is 352 g/mol. The second kappa shape index (κ2) is 7.29. The first kappa shape index (κ1) is 18.1. The fourth-order valence-electron chi connectivity index (χ4n) is 2.48. The molecule has 2 aromatic carbocycles. The van der Waals surface area contributed by atoms with Crippen LogP contribution >= 0.6 is 0 Å². The number of carbonyl (C=O) groups is 2. The summed E-state index contributed by atoms with van der Waals surface area (Å²) >= 11 is 0. The molecule has 3 rings (SSSR count). The van der Waals surface area contributed by atoms with E-state index in [9.17, 15) is 18.0 Å². The number of hydrogen-bond acceptors (Lipinski definition) is 4. The maximum atomic E-state index is 12.5. The van der Waals surface area contributed by atoms with Gasteiger partial charge in [-0.2, -0.15) is 0 Å². The number of Topliss-reactive ketones (excluding diaryl/α,β-unsaturated/α-hetero) is 1. The van der Waals surface area contributed by atoms with Crippen LogP contribution in [0.1, 0.15) is 35.7 Å². The molecule has 0 bridgehead atoms. The van der Waals surface area contributed by atoms with Gasteiger partial charge in [0.1, 0.15) is 0 Å². The topological polar surface area (TPSA) is 92.3 Å². The molecule has 1 aliphatic carbocycles. The third-order valence-electron chi connectivity index (χ3n) is 4.06. The highest BCUT2D eigenvalue weighted by Gasteiger charge is 2.23. The predicted octanol–water partition coefficient (Wildman–Crippen LogP) is 2.51. The lowest BCUT2D eigenvalue weighted by atomic mass is 10.1. The Morgan fingerprint density at radius 1 is 1.08 bits per heavy atom. The van der Waals surface area contributed by atoms with E-state index in [0.717, 1.165) is 18.4 Å². The number of hydrogen-bond donors (Lipinski definition) is 2. The van der Waals surface area contributed by atoms with E-state index in [0.29, 0.717) is 17.3 Å². The summed E-state index contributed by atoms with van der Waals surface area (Å²) in [5.41, 5.74) is 1.54. The monoisotopic (exact) mass is 372 g/mol. The fourth-order valence-corrected chi connectivity index (χ4v) is 3.58. The summed E-state index contributed by atoms with van der Waals surface area (Å²) in [6, 6.07) is 12.9. The predicted molar refractivity (Wildman–Crippen MR) is 98.6 cm³/mol. The lowest BCUT2D eigenvalue weighted by Crippen LogP contribution is -2.26. The average molecular weight is 372 g/mol. The Morgan fingerprint density at radius 2 is 1.77 bits per heavy atom. The van der Waals surface area contributed by atoms with E-state index >= 15 is 0 Å². The largest absolute Gasteiger partial charge is 0.353 e. The van der Waals surface area contributed by atoms with Crippen molar-refractivity contribution in [2.45, 2.75) is 37.1 Å². The normalized spacial score (nSPS) is 13.9. The summed E-state index contributed by atoms with van der Waals surface area (Å²) in [4.78, 5) is 23.3. The Balaban J connectivity index is 1.68. The van der Waals surface area contributed by atoms with Crippen molar-refractivity contribution < 1.29 is 18.0 Å². The molecule has 0 saturated heterocycles. The van der Waals surface area contributed by atoms with Gasteiger partial charge in [-0.25, -0.2) is 8.42 Å². The first-order chi connectivity index (χ1) is 12.3. The zero-order valence-electron chi connectivity index (χ0n) is 14.4. The standard InChI is InChI=1S/C19H20N2O4S/c1-13(22)15-3-2-4-18(12-15)26(24,25)21-17-7-5-14(6-8-17)11-19(23)20-16-9-10-16/h2-8,12,16,21H,9-11H2,1H3,(H,20,23). The van der Waals surface area contributed by atoms with Gasteiger partial charge in [0.25, 0.3) is 10.0 Å². The highest BCUT2D eigenvalue weighted by Crippen LogP contribution is 2.20. The quantitative estimate of drug-likeness (QED) is 0.731.